The lowest BCUT2D eigenvalue weighted by molar-refractivity contribution is -0.143. The first kappa shape index (κ1) is 22.7. The average molecular weight is 366 g/mol. The van der Waals surface area contributed by atoms with Crippen LogP contribution in [0.5, 0.6) is 0 Å². The Kier molecular flexibility index (Phi) is 12.1. The molecule has 4 nitrogen and oxygen atoms in total. The Morgan fingerprint density at radius 2 is 1.35 bits per heavy atom. The molecule has 4 heteroatoms. The van der Waals surface area contributed by atoms with Gasteiger partial charge in [0.05, 0.1) is 0 Å². The van der Waals surface area contributed by atoms with Crippen LogP contribution >= 0.6 is 0 Å². The maximum atomic E-state index is 11.8. The quantitative estimate of drug-likeness (QED) is 0.254. The normalized spacial score (nSPS) is 15.3. The van der Waals surface area contributed by atoms with E-state index in [0.717, 1.165) is 25.7 Å². The van der Waals surface area contributed by atoms with Crippen LogP contribution in [0.4, 0.5) is 0 Å². The highest BCUT2D eigenvalue weighted by Crippen LogP contribution is 2.35. The summed E-state index contributed by atoms with van der Waals surface area (Å²) in [6.07, 6.45) is 22.3. The smallest absolute Gasteiger partial charge is 0.329 e. The Morgan fingerprint density at radius 1 is 0.846 bits per heavy atom. The first-order valence-corrected chi connectivity index (χ1v) is 10.8. The summed E-state index contributed by atoms with van der Waals surface area (Å²) in [4.78, 5) is 22.8. The fraction of sp³-hybridized carbons (Fsp3) is 0.818. The van der Waals surface area contributed by atoms with Gasteiger partial charge >= 0.3 is 5.97 Å². The maximum absolute atomic E-state index is 11.8. The summed E-state index contributed by atoms with van der Waals surface area (Å²) < 4.78 is 0. The minimum Gasteiger partial charge on any atom is -0.480 e. The Morgan fingerprint density at radius 3 is 1.85 bits per heavy atom. The highest BCUT2D eigenvalue weighted by molar-refractivity contribution is 5.89. The molecule has 0 radical (unpaired) electrons. The molecule has 0 atom stereocenters. The van der Waals surface area contributed by atoms with Gasteiger partial charge in [0.1, 0.15) is 5.54 Å². The second-order valence-electron chi connectivity index (χ2n) is 7.77. The van der Waals surface area contributed by atoms with Crippen molar-refractivity contribution in [3.8, 4) is 0 Å². The Bertz CT molecular complexity index is 427. The van der Waals surface area contributed by atoms with E-state index in [0.29, 0.717) is 19.3 Å². The van der Waals surface area contributed by atoms with Crippen molar-refractivity contribution in [3.05, 3.63) is 12.2 Å². The minimum absolute atomic E-state index is 0.109. The predicted molar refractivity (Wildman–Crippen MR) is 107 cm³/mol. The van der Waals surface area contributed by atoms with E-state index >= 15 is 0 Å². The maximum Gasteiger partial charge on any atom is 0.329 e. The summed E-state index contributed by atoms with van der Waals surface area (Å²) in [7, 11) is 0. The molecule has 1 saturated carbocycles. The van der Waals surface area contributed by atoms with Crippen LogP contribution in [0.2, 0.25) is 0 Å². The van der Waals surface area contributed by atoms with Gasteiger partial charge in [0, 0.05) is 6.42 Å². The first-order chi connectivity index (χ1) is 12.6. The summed E-state index contributed by atoms with van der Waals surface area (Å²) in [5.74, 6) is -1.00. The summed E-state index contributed by atoms with van der Waals surface area (Å²) in [6, 6.07) is 0. The number of hydrogen-bond donors (Lipinski definition) is 2. The summed E-state index contributed by atoms with van der Waals surface area (Å²) in [5, 5.41) is 11.7. The van der Waals surface area contributed by atoms with Gasteiger partial charge in [0.15, 0.2) is 0 Å². The van der Waals surface area contributed by atoms with Crippen LogP contribution in [-0.2, 0) is 9.59 Å². The van der Waals surface area contributed by atoms with Crippen molar-refractivity contribution in [2.24, 2.45) is 0 Å². The predicted octanol–water partition coefficient (Wildman–Crippen LogP) is 5.76. The van der Waals surface area contributed by atoms with Crippen molar-refractivity contribution in [1.29, 1.82) is 0 Å². The van der Waals surface area contributed by atoms with Crippen molar-refractivity contribution in [1.82, 2.24) is 5.32 Å². The zero-order valence-corrected chi connectivity index (χ0v) is 16.7. The average Bonchev–Trinajstić information content (AvgIpc) is 3.39. The number of aliphatic carboxylic acids is 1. The summed E-state index contributed by atoms with van der Waals surface area (Å²) in [5.41, 5.74) is -0.932. The molecule has 0 bridgehead atoms. The lowest BCUT2D eigenvalue weighted by atomic mass is 10.1. The number of allylic oxidation sites excluding steroid dienone is 2. The van der Waals surface area contributed by atoms with E-state index in [-0.39, 0.29) is 5.91 Å². The summed E-state index contributed by atoms with van der Waals surface area (Å²) >= 11 is 0. The van der Waals surface area contributed by atoms with Gasteiger partial charge in [0.25, 0.3) is 0 Å². The van der Waals surface area contributed by atoms with Crippen molar-refractivity contribution < 1.29 is 14.7 Å². The lowest BCUT2D eigenvalue weighted by Crippen LogP contribution is -2.42. The van der Waals surface area contributed by atoms with E-state index in [1.165, 1.54) is 57.8 Å². The van der Waals surface area contributed by atoms with Gasteiger partial charge in [0.2, 0.25) is 5.91 Å². The molecule has 0 aliphatic heterocycles. The second-order valence-corrected chi connectivity index (χ2v) is 7.77. The van der Waals surface area contributed by atoms with E-state index in [1.54, 1.807) is 0 Å². The zero-order chi connectivity index (χ0) is 19.1. The molecule has 0 saturated heterocycles. The lowest BCUT2D eigenvalue weighted by Gasteiger charge is -2.12. The number of unbranched alkanes of at least 4 members (excludes halogenated alkanes) is 11. The number of carbonyl (C=O) groups is 2. The topological polar surface area (TPSA) is 66.4 Å². The number of hydrogen-bond acceptors (Lipinski definition) is 2. The van der Waals surface area contributed by atoms with E-state index in [1.807, 2.05) is 0 Å². The third-order valence-electron chi connectivity index (χ3n) is 5.20. The number of nitrogens with one attached hydrogen (secondary N) is 1. The van der Waals surface area contributed by atoms with Crippen LogP contribution in [0.1, 0.15) is 110 Å². The van der Waals surface area contributed by atoms with E-state index in [9.17, 15) is 9.59 Å². The zero-order valence-electron chi connectivity index (χ0n) is 16.7. The third kappa shape index (κ3) is 10.6. The molecule has 1 fully saturated rings. The standard InChI is InChI=1S/C22H39NO3/c1-2-3-4-5-6-7-8-9-10-11-12-13-14-15-16-17-20(24)23-22(18-19-22)21(25)26/h9-10H,2-8,11-19H2,1H3,(H,23,24)(H,25,26). The first-order valence-electron chi connectivity index (χ1n) is 10.8. The monoisotopic (exact) mass is 365 g/mol. The molecule has 26 heavy (non-hydrogen) atoms. The number of carboxylic acids is 1. The fourth-order valence-corrected chi connectivity index (χ4v) is 3.20. The van der Waals surface area contributed by atoms with Crippen molar-refractivity contribution in [2.75, 3.05) is 0 Å². The number of carboxylic acid groups (broad SMARTS) is 1. The van der Waals surface area contributed by atoms with Gasteiger partial charge in [-0.1, -0.05) is 70.4 Å². The molecule has 0 spiro atoms. The molecule has 0 unspecified atom stereocenters. The van der Waals surface area contributed by atoms with Gasteiger partial charge in [-0.2, -0.15) is 0 Å². The van der Waals surface area contributed by atoms with Gasteiger partial charge < -0.3 is 10.4 Å². The molecule has 1 aliphatic rings. The van der Waals surface area contributed by atoms with Gasteiger partial charge in [-0.05, 0) is 44.9 Å². The molecule has 2 N–H and O–H groups in total. The molecule has 1 rings (SSSR count). The van der Waals surface area contributed by atoms with Crippen LogP contribution in [0.25, 0.3) is 0 Å². The Hall–Kier alpha value is -1.32. The minimum atomic E-state index is -0.932. The summed E-state index contributed by atoms with van der Waals surface area (Å²) in [6.45, 7) is 2.25. The van der Waals surface area contributed by atoms with Crippen LogP contribution in [0.15, 0.2) is 12.2 Å². The largest absolute Gasteiger partial charge is 0.480 e. The molecule has 1 amide bonds. The molecular formula is C22H39NO3. The highest BCUT2D eigenvalue weighted by atomic mass is 16.4. The fourth-order valence-electron chi connectivity index (χ4n) is 3.20. The number of amides is 1. The third-order valence-corrected chi connectivity index (χ3v) is 5.20. The van der Waals surface area contributed by atoms with Gasteiger partial charge in [-0.3, -0.25) is 4.79 Å². The van der Waals surface area contributed by atoms with E-state index < -0.39 is 11.5 Å². The van der Waals surface area contributed by atoms with Crippen LogP contribution < -0.4 is 5.32 Å². The molecule has 1 aliphatic carbocycles. The second kappa shape index (κ2) is 13.8. The highest BCUT2D eigenvalue weighted by Gasteiger charge is 2.51. The van der Waals surface area contributed by atoms with Crippen molar-refractivity contribution in [2.45, 2.75) is 115 Å². The van der Waals surface area contributed by atoms with E-state index in [2.05, 4.69) is 24.4 Å². The van der Waals surface area contributed by atoms with Gasteiger partial charge in [-0.25, -0.2) is 4.79 Å². The molecule has 0 aromatic carbocycles. The molecule has 0 heterocycles. The Labute approximate surface area is 159 Å². The van der Waals surface area contributed by atoms with Crippen molar-refractivity contribution in [3.63, 3.8) is 0 Å². The SMILES string of the molecule is CCCCCCCCC=CCCCCCCCC(=O)NC1(C(=O)O)CC1. The van der Waals surface area contributed by atoms with Crippen LogP contribution in [-0.4, -0.2) is 22.5 Å². The van der Waals surface area contributed by atoms with Gasteiger partial charge in [-0.15, -0.1) is 0 Å². The van der Waals surface area contributed by atoms with Crippen LogP contribution in [0, 0.1) is 0 Å². The van der Waals surface area contributed by atoms with Crippen LogP contribution in [0.3, 0.4) is 0 Å². The Balaban J connectivity index is 1.82. The molecular weight excluding hydrogens is 326 g/mol. The van der Waals surface area contributed by atoms with E-state index in [4.69, 9.17) is 5.11 Å². The molecule has 0 aromatic heterocycles. The number of carbonyl (C=O) groups excluding carboxylic acids is 1. The molecule has 0 aromatic rings. The van der Waals surface area contributed by atoms with Crippen molar-refractivity contribution >= 4 is 11.9 Å². The molecule has 150 valence electrons. The number of rotatable bonds is 17.